The van der Waals surface area contributed by atoms with Crippen LogP contribution in [0.5, 0.6) is 5.75 Å². The van der Waals surface area contributed by atoms with Gasteiger partial charge >= 0.3 is 0 Å². The van der Waals surface area contributed by atoms with E-state index >= 15 is 0 Å². The Morgan fingerprint density at radius 3 is 2.74 bits per heavy atom. The monoisotopic (exact) mass is 532 g/mol. The Morgan fingerprint density at radius 2 is 2.05 bits per heavy atom. The number of amides is 2. The van der Waals surface area contributed by atoms with Crippen molar-refractivity contribution in [3.63, 3.8) is 0 Å². The summed E-state index contributed by atoms with van der Waals surface area (Å²) in [7, 11) is 3.42. The molecule has 0 spiro atoms. The number of aryl methyl sites for hydroxylation is 1. The van der Waals surface area contributed by atoms with Crippen molar-refractivity contribution in [2.45, 2.75) is 32.8 Å². The van der Waals surface area contributed by atoms with E-state index < -0.39 is 12.5 Å². The average molecular weight is 533 g/mol. The highest BCUT2D eigenvalue weighted by Gasteiger charge is 2.31. The van der Waals surface area contributed by atoms with Gasteiger partial charge in [-0.05, 0) is 57.0 Å². The van der Waals surface area contributed by atoms with Gasteiger partial charge < -0.3 is 14.7 Å². The molecule has 1 aliphatic rings. The fourth-order valence-corrected chi connectivity index (χ4v) is 5.51. The van der Waals surface area contributed by atoms with E-state index in [0.717, 1.165) is 33.1 Å². The third kappa shape index (κ3) is 4.77. The number of nitrogens with one attached hydrogen (secondary N) is 1. The number of carbonyl (C=O) groups excluding carboxylic acids is 2. The van der Waals surface area contributed by atoms with Crippen LogP contribution >= 0.6 is 11.3 Å². The Kier molecular flexibility index (Phi) is 6.96. The van der Waals surface area contributed by atoms with Crippen LogP contribution in [0.2, 0.25) is 0 Å². The number of fused-ring (bicyclic) bond motifs is 3. The minimum atomic E-state index is -0.619. The molecule has 2 amide bonds. The first-order chi connectivity index (χ1) is 18.3. The summed E-state index contributed by atoms with van der Waals surface area (Å²) in [6, 6.07) is 9.21. The molecule has 38 heavy (non-hydrogen) atoms. The quantitative estimate of drug-likeness (QED) is 0.373. The number of hydrogen-bond acceptors (Lipinski definition) is 8. The van der Waals surface area contributed by atoms with Crippen molar-refractivity contribution in [1.29, 1.82) is 0 Å². The lowest BCUT2D eigenvalue weighted by Gasteiger charge is -2.19. The third-order valence-corrected chi connectivity index (χ3v) is 7.06. The zero-order valence-electron chi connectivity index (χ0n) is 21.6. The number of aliphatic hydroxyl groups is 1. The standard InChI is InChI=1S/C27H28N6O4S/c1-15(2)37-21-12-16(26(36)32(3)4)7-10-20(21)33-24-18(23(31-33)17-6-5-11-28-13-17)8-9-19-25(24)38-27(29-19)30-22(35)14-34/h5-7,10-13,15,34H,8-9,14H2,1-4H3,(H,29,30,35). The van der Waals surface area contributed by atoms with E-state index in [-0.39, 0.29) is 12.0 Å². The van der Waals surface area contributed by atoms with Gasteiger partial charge in [0.05, 0.1) is 28.1 Å². The lowest BCUT2D eigenvalue weighted by Crippen LogP contribution is -2.22. The molecule has 3 aromatic heterocycles. The number of thiazole rings is 1. The van der Waals surface area contributed by atoms with E-state index in [4.69, 9.17) is 9.84 Å². The van der Waals surface area contributed by atoms with Crippen molar-refractivity contribution in [1.82, 2.24) is 24.6 Å². The maximum absolute atomic E-state index is 12.7. The molecule has 0 unspecified atom stereocenters. The lowest BCUT2D eigenvalue weighted by molar-refractivity contribution is -0.118. The molecule has 3 heterocycles. The number of benzene rings is 1. The van der Waals surface area contributed by atoms with Crippen molar-refractivity contribution in [3.05, 3.63) is 59.5 Å². The molecule has 0 saturated carbocycles. The van der Waals surface area contributed by atoms with Gasteiger partial charge in [-0.2, -0.15) is 5.10 Å². The van der Waals surface area contributed by atoms with E-state index in [1.807, 2.05) is 36.7 Å². The van der Waals surface area contributed by atoms with Crippen molar-refractivity contribution >= 4 is 28.3 Å². The van der Waals surface area contributed by atoms with Crippen LogP contribution in [0.1, 0.15) is 35.5 Å². The molecule has 5 rings (SSSR count). The normalized spacial score (nSPS) is 12.2. The fourth-order valence-electron chi connectivity index (χ4n) is 4.42. The molecule has 0 bridgehead atoms. The van der Waals surface area contributed by atoms with E-state index in [0.29, 0.717) is 35.0 Å². The molecule has 0 fully saturated rings. The number of nitrogens with zero attached hydrogens (tertiary/aromatic N) is 5. The predicted octanol–water partition coefficient (Wildman–Crippen LogP) is 3.58. The second kappa shape index (κ2) is 10.3. The number of aromatic nitrogens is 4. The Morgan fingerprint density at radius 1 is 1.24 bits per heavy atom. The van der Waals surface area contributed by atoms with Crippen molar-refractivity contribution in [3.8, 4) is 33.3 Å². The molecule has 0 saturated heterocycles. The number of carbonyl (C=O) groups is 2. The van der Waals surface area contributed by atoms with Gasteiger partial charge in [-0.15, -0.1) is 0 Å². The first kappa shape index (κ1) is 25.6. The minimum Gasteiger partial charge on any atom is -0.489 e. The second-order valence-corrected chi connectivity index (χ2v) is 10.4. The fraction of sp³-hybridized carbons (Fsp3) is 0.296. The first-order valence-electron chi connectivity index (χ1n) is 12.2. The number of pyridine rings is 1. The summed E-state index contributed by atoms with van der Waals surface area (Å²) in [6.45, 7) is 3.25. The summed E-state index contributed by atoms with van der Waals surface area (Å²) in [5, 5.41) is 17.3. The Bertz CT molecular complexity index is 1510. The Labute approximate surface area is 223 Å². The lowest BCUT2D eigenvalue weighted by atomic mass is 9.95. The molecule has 10 nitrogen and oxygen atoms in total. The van der Waals surface area contributed by atoms with Gasteiger partial charge in [-0.1, -0.05) is 11.3 Å². The molecule has 0 aliphatic heterocycles. The van der Waals surface area contributed by atoms with Crippen LogP contribution in [-0.4, -0.2) is 68.4 Å². The highest BCUT2D eigenvalue weighted by atomic mass is 32.1. The maximum atomic E-state index is 12.7. The number of aliphatic hydroxyl groups excluding tert-OH is 1. The molecule has 4 aromatic rings. The average Bonchev–Trinajstić information content (AvgIpc) is 3.49. The smallest absolute Gasteiger partial charge is 0.253 e. The van der Waals surface area contributed by atoms with E-state index in [1.165, 1.54) is 16.2 Å². The van der Waals surface area contributed by atoms with Gasteiger partial charge in [-0.3, -0.25) is 19.9 Å². The number of ether oxygens (including phenoxy) is 1. The number of anilines is 1. The van der Waals surface area contributed by atoms with Gasteiger partial charge in [0.15, 0.2) is 5.13 Å². The molecular weight excluding hydrogens is 504 g/mol. The van der Waals surface area contributed by atoms with E-state index in [2.05, 4.69) is 15.3 Å². The zero-order chi connectivity index (χ0) is 27.0. The van der Waals surface area contributed by atoms with Crippen molar-refractivity contribution in [2.75, 3.05) is 26.0 Å². The number of hydrogen-bond donors (Lipinski definition) is 2. The third-order valence-electron chi connectivity index (χ3n) is 6.04. The molecule has 11 heteroatoms. The molecule has 0 atom stereocenters. The van der Waals surface area contributed by atoms with Crippen LogP contribution < -0.4 is 10.1 Å². The molecule has 0 radical (unpaired) electrons. The molecule has 2 N–H and O–H groups in total. The number of rotatable bonds is 7. The Hall–Kier alpha value is -4.09. The molecule has 1 aromatic carbocycles. The molecule has 196 valence electrons. The predicted molar refractivity (Wildman–Crippen MR) is 145 cm³/mol. The van der Waals surface area contributed by atoms with Crippen LogP contribution in [0.25, 0.3) is 27.5 Å². The van der Waals surface area contributed by atoms with E-state index in [9.17, 15) is 14.7 Å². The topological polar surface area (TPSA) is 122 Å². The van der Waals surface area contributed by atoms with Crippen LogP contribution in [0.4, 0.5) is 5.13 Å². The highest BCUT2D eigenvalue weighted by Crippen LogP contribution is 2.45. The Balaban J connectivity index is 1.73. The minimum absolute atomic E-state index is 0.127. The molecular formula is C27H28N6O4S. The van der Waals surface area contributed by atoms with Gasteiger partial charge in [0.1, 0.15) is 18.0 Å². The largest absolute Gasteiger partial charge is 0.489 e. The van der Waals surface area contributed by atoms with E-state index in [1.54, 1.807) is 38.6 Å². The van der Waals surface area contributed by atoms with Crippen LogP contribution in [0, 0.1) is 0 Å². The summed E-state index contributed by atoms with van der Waals surface area (Å²) in [6.07, 6.45) is 4.74. The summed E-state index contributed by atoms with van der Waals surface area (Å²) in [4.78, 5) is 35.9. The van der Waals surface area contributed by atoms with Crippen molar-refractivity contribution < 1.29 is 19.4 Å². The summed E-state index contributed by atoms with van der Waals surface area (Å²) < 4.78 is 8.04. The molecule has 1 aliphatic carbocycles. The summed E-state index contributed by atoms with van der Waals surface area (Å²) >= 11 is 1.34. The van der Waals surface area contributed by atoms with Crippen LogP contribution in [0.3, 0.4) is 0 Å². The van der Waals surface area contributed by atoms with Crippen LogP contribution in [-0.2, 0) is 17.6 Å². The maximum Gasteiger partial charge on any atom is 0.253 e. The first-order valence-corrected chi connectivity index (χ1v) is 13.0. The van der Waals surface area contributed by atoms with Crippen molar-refractivity contribution in [2.24, 2.45) is 0 Å². The SMILES string of the molecule is CC(C)Oc1cc(C(=O)N(C)C)ccc1-n1nc(-c2cccnc2)c2c1-c1sc(NC(=O)CO)nc1CC2. The second-order valence-electron chi connectivity index (χ2n) is 9.38. The van der Waals surface area contributed by atoms with Gasteiger partial charge in [0, 0.05) is 43.2 Å². The van der Waals surface area contributed by atoms with Gasteiger partial charge in [-0.25, -0.2) is 9.67 Å². The summed E-state index contributed by atoms with van der Waals surface area (Å²) in [5.41, 5.74) is 5.62. The zero-order valence-corrected chi connectivity index (χ0v) is 22.4. The van der Waals surface area contributed by atoms with Crippen LogP contribution in [0.15, 0.2) is 42.7 Å². The summed E-state index contributed by atoms with van der Waals surface area (Å²) in [5.74, 6) is -0.117. The van der Waals surface area contributed by atoms with Gasteiger partial charge in [0.2, 0.25) is 0 Å². The highest BCUT2D eigenvalue weighted by molar-refractivity contribution is 7.19. The van der Waals surface area contributed by atoms with Gasteiger partial charge in [0.25, 0.3) is 11.8 Å².